The first-order valence-corrected chi connectivity index (χ1v) is 16.7. The maximum atomic E-state index is 12.3. The summed E-state index contributed by atoms with van der Waals surface area (Å²) in [7, 11) is -3.51. The third kappa shape index (κ3) is 24.9. The van der Waals surface area contributed by atoms with Gasteiger partial charge in [0, 0.05) is 6.54 Å². The van der Waals surface area contributed by atoms with Gasteiger partial charge in [0.2, 0.25) is 10.0 Å². The monoisotopic (exact) mass is 565 g/mol. The lowest BCUT2D eigenvalue weighted by molar-refractivity contribution is 0.428. The zero-order valence-electron chi connectivity index (χ0n) is 26.5. The van der Waals surface area contributed by atoms with Crippen molar-refractivity contribution in [2.75, 3.05) is 25.4 Å². The summed E-state index contributed by atoms with van der Waals surface area (Å²) in [6, 6.07) is 6.57. The third-order valence-electron chi connectivity index (χ3n) is 5.89. The Morgan fingerprint density at radius 2 is 1.46 bits per heavy atom. The van der Waals surface area contributed by atoms with Crippen LogP contribution in [0.3, 0.4) is 0 Å². The summed E-state index contributed by atoms with van der Waals surface area (Å²) in [4.78, 5) is 0.165. The molecule has 0 aromatic heterocycles. The van der Waals surface area contributed by atoms with Gasteiger partial charge in [-0.3, -0.25) is 0 Å². The van der Waals surface area contributed by atoms with Crippen LogP contribution in [0, 0.1) is 5.92 Å². The lowest BCUT2D eigenvalue weighted by atomic mass is 9.97. The summed E-state index contributed by atoms with van der Waals surface area (Å²) in [5.74, 6) is 0.749. The van der Waals surface area contributed by atoms with Gasteiger partial charge in [0.05, 0.1) is 5.69 Å². The Hall–Kier alpha value is -1.89. The molecule has 0 amide bonds. The highest BCUT2D eigenvalue weighted by Crippen LogP contribution is 2.17. The largest absolute Gasteiger partial charge is 0.398 e. The Morgan fingerprint density at radius 3 is 1.97 bits per heavy atom. The molecule has 0 heterocycles. The molecule has 6 heteroatoms. The van der Waals surface area contributed by atoms with Crippen LogP contribution in [0.1, 0.15) is 113 Å². The lowest BCUT2D eigenvalue weighted by Gasteiger charge is -2.16. The van der Waals surface area contributed by atoms with Crippen LogP contribution in [0.25, 0.3) is 0 Å². The fourth-order valence-corrected chi connectivity index (χ4v) is 4.95. The lowest BCUT2D eigenvalue weighted by Crippen LogP contribution is -2.25. The minimum atomic E-state index is -3.51. The molecule has 0 aliphatic carbocycles. The molecule has 4 N–H and O–H groups in total. The van der Waals surface area contributed by atoms with E-state index in [9.17, 15) is 8.42 Å². The number of rotatable bonds is 19. The Balaban J connectivity index is -0.00000169. The van der Waals surface area contributed by atoms with Gasteiger partial charge in [0.15, 0.2) is 0 Å². The predicted molar refractivity (Wildman–Crippen MR) is 177 cm³/mol. The average Bonchev–Trinajstić information content (AvgIpc) is 2.94. The van der Waals surface area contributed by atoms with Crippen molar-refractivity contribution in [3.05, 3.63) is 61.2 Å². The summed E-state index contributed by atoms with van der Waals surface area (Å²) in [6.45, 7) is 24.1. The number of allylic oxidation sites excluding steroid dienone is 4. The SMILES string of the molecule is C=C/C=C(\C)CCC(CC)CNCCCCCCCCCNS(=O)(=O)c1ccccc1N.C=CC.CC.CC. The summed E-state index contributed by atoms with van der Waals surface area (Å²) >= 11 is 0. The highest BCUT2D eigenvalue weighted by molar-refractivity contribution is 7.89. The number of anilines is 1. The number of nitrogens with one attached hydrogen (secondary N) is 2. The van der Waals surface area contributed by atoms with E-state index in [0.29, 0.717) is 6.54 Å². The van der Waals surface area contributed by atoms with E-state index in [1.165, 1.54) is 50.2 Å². The highest BCUT2D eigenvalue weighted by atomic mass is 32.2. The third-order valence-corrected chi connectivity index (χ3v) is 7.43. The fourth-order valence-electron chi connectivity index (χ4n) is 3.74. The molecule has 228 valence electrons. The van der Waals surface area contributed by atoms with Crippen molar-refractivity contribution in [2.45, 2.75) is 118 Å². The number of nitrogens with two attached hydrogens (primary N) is 1. The topological polar surface area (TPSA) is 84.2 Å². The van der Waals surface area contributed by atoms with Gasteiger partial charge in [0.25, 0.3) is 0 Å². The Labute approximate surface area is 243 Å². The van der Waals surface area contributed by atoms with Gasteiger partial charge in [0.1, 0.15) is 4.90 Å². The molecule has 5 nitrogen and oxygen atoms in total. The van der Waals surface area contributed by atoms with Crippen LogP contribution < -0.4 is 15.8 Å². The molecule has 0 aliphatic rings. The second-order valence-corrected chi connectivity index (χ2v) is 10.8. The van der Waals surface area contributed by atoms with E-state index in [2.05, 4.69) is 43.1 Å². The second-order valence-electron chi connectivity index (χ2n) is 9.08. The molecule has 0 bridgehead atoms. The maximum Gasteiger partial charge on any atom is 0.242 e. The van der Waals surface area contributed by atoms with Crippen molar-refractivity contribution in [3.63, 3.8) is 0 Å². The molecule has 0 fully saturated rings. The number of hydrogen-bond donors (Lipinski definition) is 3. The number of sulfonamides is 1. The molecule has 0 aliphatic heterocycles. The molecule has 1 atom stereocenters. The van der Waals surface area contributed by atoms with E-state index < -0.39 is 10.0 Å². The molecule has 0 saturated heterocycles. The van der Waals surface area contributed by atoms with Gasteiger partial charge in [-0.2, -0.15) is 0 Å². The number of unbranched alkanes of at least 4 members (excludes halogenated alkanes) is 6. The van der Waals surface area contributed by atoms with Gasteiger partial charge >= 0.3 is 0 Å². The summed E-state index contributed by atoms with van der Waals surface area (Å²) < 4.78 is 27.2. The van der Waals surface area contributed by atoms with Crippen molar-refractivity contribution in [3.8, 4) is 0 Å². The molecule has 0 spiro atoms. The molecule has 1 unspecified atom stereocenters. The molecule has 1 aromatic carbocycles. The summed E-state index contributed by atoms with van der Waals surface area (Å²) in [5, 5.41) is 3.63. The number of benzene rings is 1. The van der Waals surface area contributed by atoms with Crippen LogP contribution in [0.15, 0.2) is 66.1 Å². The Kier molecular flexibility index (Phi) is 32.7. The van der Waals surface area contributed by atoms with Crippen LogP contribution in [-0.2, 0) is 10.0 Å². The van der Waals surface area contributed by atoms with Crippen LogP contribution in [-0.4, -0.2) is 28.1 Å². The number of hydrogen-bond acceptors (Lipinski definition) is 4. The number of para-hydroxylation sites is 1. The first kappa shape index (κ1) is 41.6. The van der Waals surface area contributed by atoms with Crippen molar-refractivity contribution in [2.24, 2.45) is 5.92 Å². The maximum absolute atomic E-state index is 12.3. The van der Waals surface area contributed by atoms with Crippen molar-refractivity contribution in [1.29, 1.82) is 0 Å². The minimum absolute atomic E-state index is 0.165. The Bertz CT molecular complexity index is 820. The van der Waals surface area contributed by atoms with Gasteiger partial charge in [-0.15, -0.1) is 6.58 Å². The van der Waals surface area contributed by atoms with Gasteiger partial charge < -0.3 is 11.1 Å². The van der Waals surface area contributed by atoms with Gasteiger partial charge in [-0.05, 0) is 70.7 Å². The van der Waals surface area contributed by atoms with E-state index >= 15 is 0 Å². The van der Waals surface area contributed by atoms with Crippen LogP contribution >= 0.6 is 0 Å². The molecule has 39 heavy (non-hydrogen) atoms. The average molecular weight is 566 g/mol. The first-order chi connectivity index (χ1) is 18.8. The van der Waals surface area contributed by atoms with Crippen molar-refractivity contribution < 1.29 is 8.42 Å². The van der Waals surface area contributed by atoms with E-state index in [0.717, 1.165) is 44.7 Å². The normalized spacial score (nSPS) is 11.5. The molecule has 0 saturated carbocycles. The molecule has 1 aromatic rings. The van der Waals surface area contributed by atoms with Crippen LogP contribution in [0.2, 0.25) is 0 Å². The molecular formula is C33H63N3O2S. The summed E-state index contributed by atoms with van der Waals surface area (Å²) in [6.07, 6.45) is 17.4. The quantitative estimate of drug-likeness (QED) is 0.0676. The van der Waals surface area contributed by atoms with Crippen molar-refractivity contribution >= 4 is 15.7 Å². The summed E-state index contributed by atoms with van der Waals surface area (Å²) in [5.41, 5.74) is 7.46. The van der Waals surface area contributed by atoms with E-state index in [4.69, 9.17) is 5.73 Å². The minimum Gasteiger partial charge on any atom is -0.398 e. The van der Waals surface area contributed by atoms with Crippen LogP contribution in [0.4, 0.5) is 5.69 Å². The van der Waals surface area contributed by atoms with Gasteiger partial charge in [-0.1, -0.05) is 116 Å². The van der Waals surface area contributed by atoms with E-state index in [-0.39, 0.29) is 10.6 Å². The standard InChI is InChI=1S/C26H45N3O2S.C3H6.2C2H6/c1-4-15-23(3)18-19-24(5-2)22-28-20-13-9-7-6-8-10-14-21-29-32(30,31)26-17-12-11-16-25(26)27;1-3-2;2*1-2/h4,11-12,15-17,24,28-29H,1,5-10,13-14,18-22,27H2,2-3H3;3H,1H2,2H3;2*1-2H3/b23-15+;;;. The molecule has 0 radical (unpaired) electrons. The fraction of sp³-hybridized carbons (Fsp3) is 0.636. The smallest absolute Gasteiger partial charge is 0.242 e. The van der Waals surface area contributed by atoms with E-state index in [1.54, 1.807) is 24.3 Å². The molecule has 1 rings (SSSR count). The second kappa shape index (κ2) is 30.6. The van der Waals surface area contributed by atoms with Gasteiger partial charge in [-0.25, -0.2) is 13.1 Å². The van der Waals surface area contributed by atoms with Crippen LogP contribution in [0.5, 0.6) is 0 Å². The Morgan fingerprint density at radius 1 is 0.949 bits per heavy atom. The zero-order valence-corrected chi connectivity index (χ0v) is 27.3. The number of nitrogen functional groups attached to an aromatic ring is 1. The first-order valence-electron chi connectivity index (χ1n) is 15.2. The van der Waals surface area contributed by atoms with E-state index in [1.807, 2.05) is 40.7 Å². The predicted octanol–water partition coefficient (Wildman–Crippen LogP) is 9.05. The zero-order chi connectivity index (χ0) is 30.4. The van der Waals surface area contributed by atoms with Crippen molar-refractivity contribution in [1.82, 2.24) is 10.0 Å². The highest BCUT2D eigenvalue weighted by Gasteiger charge is 2.15. The molecular weight excluding hydrogens is 502 g/mol.